The van der Waals surface area contributed by atoms with Crippen molar-refractivity contribution >= 4 is 22.8 Å². The van der Waals surface area contributed by atoms with Gasteiger partial charge in [-0.05, 0) is 25.0 Å². The van der Waals surface area contributed by atoms with Crippen LogP contribution in [0.3, 0.4) is 0 Å². The van der Waals surface area contributed by atoms with Crippen molar-refractivity contribution in [1.29, 1.82) is 0 Å². The molecule has 2 aliphatic rings. The topological polar surface area (TPSA) is 76.8 Å². The van der Waals surface area contributed by atoms with Crippen molar-refractivity contribution in [3.8, 4) is 0 Å². The Balaban J connectivity index is 1.47. The summed E-state index contributed by atoms with van der Waals surface area (Å²) in [6.07, 6.45) is 1.60. The molecule has 0 saturated carbocycles. The fraction of sp³-hybridized carbons (Fsp3) is 0.550. The first kappa shape index (κ1) is 18.7. The molecule has 0 spiro atoms. The predicted molar refractivity (Wildman–Crippen MR) is 104 cm³/mol. The van der Waals surface area contributed by atoms with Gasteiger partial charge < -0.3 is 14.5 Å². The predicted octanol–water partition coefficient (Wildman–Crippen LogP) is 0.437. The van der Waals surface area contributed by atoms with Crippen molar-refractivity contribution in [2.45, 2.75) is 19.4 Å². The summed E-state index contributed by atoms with van der Waals surface area (Å²) in [5.41, 5.74) is 1.35. The summed E-state index contributed by atoms with van der Waals surface area (Å²) in [5.74, 6) is -0.166. The summed E-state index contributed by atoms with van der Waals surface area (Å²) in [6, 6.07) is 7.46. The molecule has 2 amide bonds. The van der Waals surface area contributed by atoms with Gasteiger partial charge in [-0.3, -0.25) is 18.7 Å². The smallest absolute Gasteiger partial charge is 0.329 e. The largest absolute Gasteiger partial charge is 0.378 e. The highest BCUT2D eigenvalue weighted by Gasteiger charge is 2.32. The first-order valence-electron chi connectivity index (χ1n) is 9.85. The highest BCUT2D eigenvalue weighted by molar-refractivity contribution is 5.83. The average Bonchev–Trinajstić information content (AvgIpc) is 2.99. The van der Waals surface area contributed by atoms with Crippen molar-refractivity contribution in [3.05, 3.63) is 34.7 Å². The number of aromatic nitrogens is 2. The van der Waals surface area contributed by atoms with Crippen LogP contribution in [0.1, 0.15) is 12.8 Å². The van der Waals surface area contributed by atoms with E-state index in [1.54, 1.807) is 16.5 Å². The maximum Gasteiger partial charge on any atom is 0.329 e. The van der Waals surface area contributed by atoms with Crippen LogP contribution < -0.4 is 5.69 Å². The lowest BCUT2D eigenvalue weighted by atomic mass is 9.96. The summed E-state index contributed by atoms with van der Waals surface area (Å²) in [7, 11) is 1.71. The number of carbonyl (C=O) groups is 2. The molecule has 2 aromatic rings. The molecular weight excluding hydrogens is 360 g/mol. The lowest BCUT2D eigenvalue weighted by molar-refractivity contribution is -0.144. The molecule has 8 nitrogen and oxygen atoms in total. The summed E-state index contributed by atoms with van der Waals surface area (Å²) < 4.78 is 8.40. The Morgan fingerprint density at radius 3 is 2.54 bits per heavy atom. The molecule has 0 aliphatic carbocycles. The number of imidazole rings is 1. The molecule has 0 N–H and O–H groups in total. The van der Waals surface area contributed by atoms with Crippen molar-refractivity contribution in [2.75, 3.05) is 39.4 Å². The SMILES string of the molecule is Cn1c(=O)n(CC(=O)N2CCCC(C(=O)N3CCOCC3)C2)c2ccccc21. The Bertz CT molecular complexity index is 941. The van der Waals surface area contributed by atoms with Crippen LogP contribution in [0.25, 0.3) is 11.0 Å². The molecule has 1 aromatic heterocycles. The zero-order chi connectivity index (χ0) is 19.7. The maximum absolute atomic E-state index is 12.9. The summed E-state index contributed by atoms with van der Waals surface area (Å²) in [6.45, 7) is 3.44. The minimum Gasteiger partial charge on any atom is -0.378 e. The van der Waals surface area contributed by atoms with E-state index in [0.717, 1.165) is 23.9 Å². The number of hydrogen-bond donors (Lipinski definition) is 0. The van der Waals surface area contributed by atoms with Crippen LogP contribution in [0.5, 0.6) is 0 Å². The van der Waals surface area contributed by atoms with Crippen LogP contribution in [0.2, 0.25) is 0 Å². The zero-order valence-corrected chi connectivity index (χ0v) is 16.2. The average molecular weight is 386 g/mol. The number of ether oxygens (including phenoxy) is 1. The standard InChI is InChI=1S/C20H26N4O4/c1-21-16-6-2-3-7-17(16)24(20(21)27)14-18(25)23-8-4-5-15(13-23)19(26)22-9-11-28-12-10-22/h2-3,6-7,15H,4-5,8-14H2,1H3. The van der Waals surface area contributed by atoms with E-state index in [1.807, 2.05) is 29.2 Å². The number of benzene rings is 1. The molecule has 4 rings (SSSR count). The Morgan fingerprint density at radius 1 is 1.07 bits per heavy atom. The first-order valence-corrected chi connectivity index (χ1v) is 9.85. The van der Waals surface area contributed by atoms with E-state index in [1.165, 1.54) is 4.57 Å². The minimum atomic E-state index is -0.201. The monoisotopic (exact) mass is 386 g/mol. The van der Waals surface area contributed by atoms with Gasteiger partial charge in [-0.1, -0.05) is 12.1 Å². The molecule has 8 heteroatoms. The number of morpholine rings is 1. The molecule has 1 aromatic carbocycles. The van der Waals surface area contributed by atoms with Gasteiger partial charge in [0, 0.05) is 33.2 Å². The second-order valence-electron chi connectivity index (χ2n) is 7.53. The molecule has 0 bridgehead atoms. The van der Waals surface area contributed by atoms with Crippen LogP contribution in [-0.2, 0) is 27.9 Å². The number of nitrogens with zero attached hydrogens (tertiary/aromatic N) is 4. The molecule has 150 valence electrons. The Labute approximate surface area is 163 Å². The van der Waals surface area contributed by atoms with E-state index < -0.39 is 0 Å². The number of aryl methyl sites for hydroxylation is 1. The van der Waals surface area contributed by atoms with Crippen LogP contribution in [0.15, 0.2) is 29.1 Å². The molecule has 1 unspecified atom stereocenters. The van der Waals surface area contributed by atoms with Crippen LogP contribution in [-0.4, -0.2) is 70.1 Å². The van der Waals surface area contributed by atoms with E-state index in [2.05, 4.69) is 0 Å². The fourth-order valence-electron chi connectivity index (χ4n) is 4.20. The molecule has 3 heterocycles. The van der Waals surface area contributed by atoms with Gasteiger partial charge in [0.25, 0.3) is 0 Å². The number of fused-ring (bicyclic) bond motifs is 1. The molecule has 0 radical (unpaired) electrons. The third-order valence-corrected chi connectivity index (χ3v) is 5.79. The molecule has 28 heavy (non-hydrogen) atoms. The minimum absolute atomic E-state index is 0.00134. The van der Waals surface area contributed by atoms with Gasteiger partial charge in [0.2, 0.25) is 11.8 Å². The highest BCUT2D eigenvalue weighted by atomic mass is 16.5. The summed E-state index contributed by atoms with van der Waals surface area (Å²) in [5, 5.41) is 0. The summed E-state index contributed by atoms with van der Waals surface area (Å²) in [4.78, 5) is 41.9. The maximum atomic E-state index is 12.9. The Kier molecular flexibility index (Phi) is 5.21. The van der Waals surface area contributed by atoms with Crippen molar-refractivity contribution in [3.63, 3.8) is 0 Å². The van der Waals surface area contributed by atoms with Gasteiger partial charge in [0.05, 0.1) is 30.2 Å². The quantitative estimate of drug-likeness (QED) is 0.767. The molecular formula is C20H26N4O4. The fourth-order valence-corrected chi connectivity index (χ4v) is 4.20. The van der Waals surface area contributed by atoms with E-state index in [4.69, 9.17) is 4.74 Å². The molecule has 1 atom stereocenters. The van der Waals surface area contributed by atoms with Crippen LogP contribution in [0.4, 0.5) is 0 Å². The third kappa shape index (κ3) is 3.44. The highest BCUT2D eigenvalue weighted by Crippen LogP contribution is 2.20. The molecule has 2 fully saturated rings. The number of piperidine rings is 1. The van der Waals surface area contributed by atoms with Crippen molar-refractivity contribution in [1.82, 2.24) is 18.9 Å². The number of amides is 2. The lowest BCUT2D eigenvalue weighted by Crippen LogP contribution is -2.50. The van der Waals surface area contributed by atoms with Gasteiger partial charge in [0.1, 0.15) is 6.54 Å². The van der Waals surface area contributed by atoms with E-state index in [-0.39, 0.29) is 30.0 Å². The van der Waals surface area contributed by atoms with Crippen LogP contribution in [0, 0.1) is 5.92 Å². The number of rotatable bonds is 3. The third-order valence-electron chi connectivity index (χ3n) is 5.79. The van der Waals surface area contributed by atoms with Gasteiger partial charge in [-0.15, -0.1) is 0 Å². The molecule has 2 aliphatic heterocycles. The number of para-hydroxylation sites is 2. The summed E-state index contributed by atoms with van der Waals surface area (Å²) >= 11 is 0. The van der Waals surface area contributed by atoms with Crippen molar-refractivity contribution < 1.29 is 14.3 Å². The van der Waals surface area contributed by atoms with Gasteiger partial charge in [-0.2, -0.15) is 0 Å². The van der Waals surface area contributed by atoms with Crippen LogP contribution >= 0.6 is 0 Å². The Hall–Kier alpha value is -2.61. The number of hydrogen-bond acceptors (Lipinski definition) is 4. The lowest BCUT2D eigenvalue weighted by Gasteiger charge is -2.36. The second-order valence-corrected chi connectivity index (χ2v) is 7.53. The number of likely N-dealkylation sites (tertiary alicyclic amines) is 1. The van der Waals surface area contributed by atoms with Gasteiger partial charge >= 0.3 is 5.69 Å². The zero-order valence-electron chi connectivity index (χ0n) is 16.2. The molecule has 2 saturated heterocycles. The van der Waals surface area contributed by atoms with E-state index >= 15 is 0 Å². The Morgan fingerprint density at radius 2 is 1.79 bits per heavy atom. The van der Waals surface area contributed by atoms with E-state index in [9.17, 15) is 14.4 Å². The normalized spacial score (nSPS) is 20.5. The van der Waals surface area contributed by atoms with Crippen molar-refractivity contribution in [2.24, 2.45) is 13.0 Å². The first-order chi connectivity index (χ1) is 13.6. The van der Waals surface area contributed by atoms with E-state index in [0.29, 0.717) is 39.4 Å². The second kappa shape index (κ2) is 7.79. The van der Waals surface area contributed by atoms with Gasteiger partial charge in [-0.25, -0.2) is 4.79 Å². The number of carbonyl (C=O) groups excluding carboxylic acids is 2. The van der Waals surface area contributed by atoms with Gasteiger partial charge in [0.15, 0.2) is 0 Å².